The zero-order valence-electron chi connectivity index (χ0n) is 10.4. The molecule has 0 saturated carbocycles. The van der Waals surface area contributed by atoms with Crippen molar-refractivity contribution in [3.63, 3.8) is 0 Å². The van der Waals surface area contributed by atoms with Crippen molar-refractivity contribution in [1.82, 2.24) is 0 Å². The maximum atomic E-state index is 13.2. The monoisotopic (exact) mass is 304 g/mol. The molecule has 0 fully saturated rings. The van der Waals surface area contributed by atoms with E-state index >= 15 is 0 Å². The summed E-state index contributed by atoms with van der Waals surface area (Å²) < 4.78 is 60.6. The smallest absolute Gasteiger partial charge is 0.200 e. The second kappa shape index (κ2) is 4.42. The molecule has 0 N–H and O–H groups in total. The van der Waals surface area contributed by atoms with Crippen LogP contribution in [0.3, 0.4) is 0 Å². The Morgan fingerprint density at radius 2 is 1.89 bits per heavy atom. The summed E-state index contributed by atoms with van der Waals surface area (Å²) in [5, 5.41) is 0.297. The summed E-state index contributed by atoms with van der Waals surface area (Å²) in [7, 11) is -7.11. The van der Waals surface area contributed by atoms with Crippen LogP contribution in [0.1, 0.15) is 19.4 Å². The Labute approximate surface area is 111 Å². The van der Waals surface area contributed by atoms with Crippen LogP contribution in [-0.2, 0) is 19.7 Å². The van der Waals surface area contributed by atoms with Crippen molar-refractivity contribution in [2.45, 2.75) is 24.0 Å². The highest BCUT2D eigenvalue weighted by Crippen LogP contribution is 2.34. The van der Waals surface area contributed by atoms with E-state index in [1.807, 2.05) is 0 Å². The molecule has 1 heterocycles. The van der Waals surface area contributed by atoms with Gasteiger partial charge in [-0.25, -0.2) is 21.2 Å². The topological polar surface area (TPSA) is 68.3 Å². The molecule has 0 bridgehead atoms. The Bertz CT molecular complexity index is 759. The third kappa shape index (κ3) is 2.57. The molecule has 104 valence electrons. The van der Waals surface area contributed by atoms with Gasteiger partial charge in [-0.05, 0) is 37.6 Å². The average molecular weight is 304 g/mol. The SMILES string of the molecule is CC(C)S(=O)(=O)CC1=CS(=O)(=O)c2ccc(F)cc21. The van der Waals surface area contributed by atoms with Gasteiger partial charge < -0.3 is 0 Å². The van der Waals surface area contributed by atoms with Gasteiger partial charge in [0.05, 0.1) is 15.9 Å². The van der Waals surface area contributed by atoms with Crippen LogP contribution in [0.4, 0.5) is 4.39 Å². The van der Waals surface area contributed by atoms with E-state index < -0.39 is 36.5 Å². The van der Waals surface area contributed by atoms with E-state index in [1.54, 1.807) is 0 Å². The highest BCUT2D eigenvalue weighted by Gasteiger charge is 2.30. The van der Waals surface area contributed by atoms with Crippen LogP contribution in [0.25, 0.3) is 5.57 Å². The normalized spacial score (nSPS) is 17.4. The van der Waals surface area contributed by atoms with Gasteiger partial charge in [-0.15, -0.1) is 0 Å². The second-order valence-corrected chi connectivity index (χ2v) is 9.01. The minimum atomic E-state index is -3.66. The fourth-order valence-corrected chi connectivity index (χ4v) is 4.39. The standard InChI is InChI=1S/C12H13FO4S2/c1-8(2)18(14,15)6-9-7-19(16,17)12-4-3-10(13)5-11(9)12/h3-5,7-8H,6H2,1-2H3. The van der Waals surface area contributed by atoms with E-state index in [-0.39, 0.29) is 16.0 Å². The maximum Gasteiger partial charge on any atom is 0.200 e. The summed E-state index contributed by atoms with van der Waals surface area (Å²) in [5.74, 6) is -0.996. The fraction of sp³-hybridized carbons (Fsp3) is 0.333. The molecule has 19 heavy (non-hydrogen) atoms. The van der Waals surface area contributed by atoms with Gasteiger partial charge in [0.1, 0.15) is 5.82 Å². The van der Waals surface area contributed by atoms with Crippen LogP contribution in [0.5, 0.6) is 0 Å². The van der Waals surface area contributed by atoms with Crippen molar-refractivity contribution in [3.8, 4) is 0 Å². The Balaban J connectivity index is 2.55. The number of halogens is 1. The minimum absolute atomic E-state index is 0.0390. The first-order chi connectivity index (χ1) is 8.63. The molecule has 1 aromatic carbocycles. The predicted octanol–water partition coefficient (Wildman–Crippen LogP) is 1.78. The van der Waals surface area contributed by atoms with Crippen molar-refractivity contribution in [3.05, 3.63) is 35.0 Å². The highest BCUT2D eigenvalue weighted by molar-refractivity contribution is 7.95. The summed E-state index contributed by atoms with van der Waals surface area (Å²) in [6, 6.07) is 3.26. The lowest BCUT2D eigenvalue weighted by atomic mass is 10.1. The van der Waals surface area contributed by atoms with Crippen LogP contribution in [0.15, 0.2) is 28.5 Å². The third-order valence-electron chi connectivity index (χ3n) is 2.97. The van der Waals surface area contributed by atoms with E-state index in [2.05, 4.69) is 0 Å². The molecular weight excluding hydrogens is 291 g/mol. The largest absolute Gasteiger partial charge is 0.228 e. The predicted molar refractivity (Wildman–Crippen MR) is 70.5 cm³/mol. The van der Waals surface area contributed by atoms with Gasteiger partial charge in [-0.1, -0.05) is 0 Å². The molecule has 0 spiro atoms. The van der Waals surface area contributed by atoms with E-state index in [1.165, 1.54) is 13.8 Å². The molecule has 0 atom stereocenters. The van der Waals surface area contributed by atoms with Crippen LogP contribution in [0, 0.1) is 5.82 Å². The van der Waals surface area contributed by atoms with Crippen LogP contribution in [0.2, 0.25) is 0 Å². The van der Waals surface area contributed by atoms with Gasteiger partial charge in [-0.3, -0.25) is 0 Å². The number of rotatable bonds is 3. The van der Waals surface area contributed by atoms with E-state index in [0.29, 0.717) is 0 Å². The Morgan fingerprint density at radius 1 is 1.26 bits per heavy atom. The highest BCUT2D eigenvalue weighted by atomic mass is 32.2. The molecule has 4 nitrogen and oxygen atoms in total. The molecule has 1 aromatic rings. The van der Waals surface area contributed by atoms with E-state index in [4.69, 9.17) is 0 Å². The van der Waals surface area contributed by atoms with Crippen molar-refractivity contribution in [2.24, 2.45) is 0 Å². The Kier molecular flexibility index (Phi) is 3.30. The molecule has 0 unspecified atom stereocenters. The number of fused-ring (bicyclic) bond motifs is 1. The quantitative estimate of drug-likeness (QED) is 0.798. The first kappa shape index (κ1) is 14.2. The molecule has 0 aliphatic carbocycles. The van der Waals surface area contributed by atoms with Crippen LogP contribution < -0.4 is 0 Å². The van der Waals surface area contributed by atoms with Gasteiger partial charge in [0.25, 0.3) is 0 Å². The molecular formula is C12H13FO4S2. The second-order valence-electron chi connectivity index (χ2n) is 4.68. The fourth-order valence-electron chi connectivity index (χ4n) is 1.81. The lowest BCUT2D eigenvalue weighted by Gasteiger charge is -2.09. The van der Waals surface area contributed by atoms with Crippen molar-refractivity contribution >= 4 is 25.2 Å². The van der Waals surface area contributed by atoms with Gasteiger partial charge in [0.15, 0.2) is 9.84 Å². The average Bonchev–Trinajstić information content (AvgIpc) is 2.49. The summed E-state index contributed by atoms with van der Waals surface area (Å²) >= 11 is 0. The maximum absolute atomic E-state index is 13.2. The number of sulfone groups is 2. The van der Waals surface area contributed by atoms with E-state index in [9.17, 15) is 21.2 Å². The molecule has 7 heteroatoms. The molecule has 1 aliphatic rings. The van der Waals surface area contributed by atoms with Crippen LogP contribution >= 0.6 is 0 Å². The summed E-state index contributed by atoms with van der Waals surface area (Å²) in [6.07, 6.45) is 0. The Morgan fingerprint density at radius 3 is 2.47 bits per heavy atom. The first-order valence-corrected chi connectivity index (χ1v) is 8.87. The lowest BCUT2D eigenvalue weighted by Crippen LogP contribution is -2.18. The van der Waals surface area contributed by atoms with Crippen molar-refractivity contribution in [2.75, 3.05) is 5.75 Å². The summed E-state index contributed by atoms with van der Waals surface area (Å²) in [5.41, 5.74) is 0.271. The minimum Gasteiger partial charge on any atom is -0.228 e. The molecule has 0 saturated heterocycles. The van der Waals surface area contributed by atoms with Gasteiger partial charge in [-0.2, -0.15) is 0 Å². The first-order valence-electron chi connectivity index (χ1n) is 5.60. The molecule has 0 radical (unpaired) electrons. The van der Waals surface area contributed by atoms with Gasteiger partial charge in [0.2, 0.25) is 9.84 Å². The third-order valence-corrected chi connectivity index (χ3v) is 6.68. The number of hydrogen-bond acceptors (Lipinski definition) is 4. The van der Waals surface area contributed by atoms with Crippen LogP contribution in [-0.4, -0.2) is 27.8 Å². The number of hydrogen-bond donors (Lipinski definition) is 0. The lowest BCUT2D eigenvalue weighted by molar-refractivity contribution is 0.590. The summed E-state index contributed by atoms with van der Waals surface area (Å²) in [4.78, 5) is -0.0390. The summed E-state index contributed by atoms with van der Waals surface area (Å²) in [6.45, 7) is 3.04. The number of benzene rings is 1. The molecule has 2 rings (SSSR count). The van der Waals surface area contributed by atoms with E-state index in [0.717, 1.165) is 23.6 Å². The Hall–Kier alpha value is -1.21. The zero-order chi connectivity index (χ0) is 14.4. The molecule has 0 amide bonds. The van der Waals surface area contributed by atoms with Crippen molar-refractivity contribution < 1.29 is 21.2 Å². The zero-order valence-corrected chi connectivity index (χ0v) is 12.1. The molecule has 0 aromatic heterocycles. The molecule has 1 aliphatic heterocycles. The van der Waals surface area contributed by atoms with Gasteiger partial charge in [0, 0.05) is 11.0 Å². The van der Waals surface area contributed by atoms with Gasteiger partial charge >= 0.3 is 0 Å². The van der Waals surface area contributed by atoms with Crippen molar-refractivity contribution in [1.29, 1.82) is 0 Å².